The molecule has 0 heterocycles. The molecule has 0 aliphatic rings. The Kier molecular flexibility index (Phi) is 11.6. The average Bonchev–Trinajstić information content (AvgIpc) is 3.20. The summed E-state index contributed by atoms with van der Waals surface area (Å²) in [4.78, 5) is 0.495. The van der Waals surface area contributed by atoms with Crippen LogP contribution in [-0.4, -0.2) is 16.8 Å². The summed E-state index contributed by atoms with van der Waals surface area (Å²) in [6.45, 7) is 5.70. The largest absolute Gasteiger partial charge is 0.457 e. The van der Waals surface area contributed by atoms with Crippen molar-refractivity contribution in [3.8, 4) is 46.0 Å². The molecule has 12 heteroatoms. The van der Waals surface area contributed by atoms with E-state index in [1.807, 2.05) is 57.2 Å². The summed E-state index contributed by atoms with van der Waals surface area (Å²) in [7, 11) is -7.61. The highest BCUT2D eigenvalue weighted by molar-refractivity contribution is 9.10. The van der Waals surface area contributed by atoms with Crippen molar-refractivity contribution in [1.29, 1.82) is 0 Å². The monoisotopic (exact) mass is 924 g/mol. The Morgan fingerprint density at radius 2 is 0.719 bits per heavy atom. The summed E-state index contributed by atoms with van der Waals surface area (Å²) in [5, 5.41) is 0. The van der Waals surface area contributed by atoms with E-state index in [1.54, 1.807) is 66.7 Å². The van der Waals surface area contributed by atoms with Gasteiger partial charge in [0, 0.05) is 20.1 Å². The van der Waals surface area contributed by atoms with Gasteiger partial charge >= 0.3 is 0 Å². The minimum atomic E-state index is -3.81. The maximum absolute atomic E-state index is 13.4. The highest BCUT2D eigenvalue weighted by Crippen LogP contribution is 2.36. The number of rotatable bonds is 12. The highest BCUT2D eigenvalue weighted by atomic mass is 79.9. The summed E-state index contributed by atoms with van der Waals surface area (Å²) in [5.41, 5.74) is 2.56. The Balaban J connectivity index is 0.988. The van der Waals surface area contributed by atoms with Crippen LogP contribution >= 0.6 is 31.9 Å². The summed E-state index contributed by atoms with van der Waals surface area (Å²) >= 11 is 6.93. The first kappa shape index (κ1) is 39.8. The van der Waals surface area contributed by atoms with Crippen LogP contribution in [0.2, 0.25) is 0 Å². The molecule has 8 nitrogen and oxygen atoms in total. The number of aryl methyl sites for hydroxylation is 1. The predicted octanol–water partition coefficient (Wildman–Crippen LogP) is 13.0. The molecule has 0 radical (unpaired) electrons. The third-order valence-corrected chi connectivity index (χ3v) is 14.0. The molecule has 7 rings (SSSR count). The van der Waals surface area contributed by atoms with Gasteiger partial charge in [0.25, 0.3) is 0 Å². The molecule has 0 aliphatic carbocycles. The lowest BCUT2D eigenvalue weighted by molar-refractivity contribution is 0.453. The molecule has 0 aliphatic heterocycles. The zero-order valence-electron chi connectivity index (χ0n) is 30.8. The molecule has 0 saturated carbocycles. The van der Waals surface area contributed by atoms with Crippen LogP contribution in [0.5, 0.6) is 46.0 Å². The fraction of sp³-hybridized carbons (Fsp3) is 0.0667. The number of hydrogen-bond donors (Lipinski definition) is 0. The van der Waals surface area contributed by atoms with E-state index in [9.17, 15) is 16.8 Å². The van der Waals surface area contributed by atoms with Gasteiger partial charge < -0.3 is 18.9 Å². The van der Waals surface area contributed by atoms with Gasteiger partial charge in [-0.05, 0) is 166 Å². The predicted molar refractivity (Wildman–Crippen MR) is 226 cm³/mol. The van der Waals surface area contributed by atoms with Gasteiger partial charge in [0.1, 0.15) is 46.0 Å². The van der Waals surface area contributed by atoms with Crippen molar-refractivity contribution in [1.82, 2.24) is 0 Å². The van der Waals surface area contributed by atoms with Crippen LogP contribution in [-0.2, 0) is 19.7 Å². The second-order valence-corrected chi connectivity index (χ2v) is 18.6. The van der Waals surface area contributed by atoms with E-state index in [0.717, 1.165) is 20.1 Å². The molecule has 57 heavy (non-hydrogen) atoms. The average molecular weight is 927 g/mol. The Morgan fingerprint density at radius 3 is 1.09 bits per heavy atom. The number of ether oxygens (including phenoxy) is 4. The zero-order valence-corrected chi connectivity index (χ0v) is 35.6. The lowest BCUT2D eigenvalue weighted by atomic mass is 10.2. The fourth-order valence-electron chi connectivity index (χ4n) is 5.77. The minimum Gasteiger partial charge on any atom is -0.457 e. The van der Waals surface area contributed by atoms with Gasteiger partial charge in [-0.2, -0.15) is 0 Å². The molecule has 0 fully saturated rings. The molecule has 0 amide bonds. The maximum atomic E-state index is 13.4. The van der Waals surface area contributed by atoms with Gasteiger partial charge in [-0.3, -0.25) is 0 Å². The van der Waals surface area contributed by atoms with Crippen LogP contribution in [0.25, 0.3) is 0 Å². The number of hydrogen-bond acceptors (Lipinski definition) is 8. The van der Waals surface area contributed by atoms with Gasteiger partial charge in [0.05, 0.1) is 19.6 Å². The number of halogens is 2. The fourth-order valence-corrected chi connectivity index (χ4v) is 9.11. The molecule has 0 N–H and O–H groups in total. The van der Waals surface area contributed by atoms with Crippen LogP contribution < -0.4 is 18.9 Å². The SMILES string of the molecule is Cc1cc(Br)ccc1Oc1ccc(S(=O)(=O)c2ccc(Oc3cccc(Oc4ccc(S(=O)(=O)c5ccc(Oc6cccc(Br)c6C)cc5)cc4)c3C)cc2)cc1. The molecule has 288 valence electrons. The van der Waals surface area contributed by atoms with E-state index in [4.69, 9.17) is 18.9 Å². The molecule has 7 aromatic carbocycles. The normalized spacial score (nSPS) is 11.5. The van der Waals surface area contributed by atoms with Crippen LogP contribution in [0, 0.1) is 20.8 Å². The lowest BCUT2D eigenvalue weighted by Crippen LogP contribution is -2.02. The minimum absolute atomic E-state index is 0.114. The highest BCUT2D eigenvalue weighted by Gasteiger charge is 2.20. The van der Waals surface area contributed by atoms with Gasteiger partial charge in [-0.25, -0.2) is 16.8 Å². The van der Waals surface area contributed by atoms with Crippen molar-refractivity contribution in [2.45, 2.75) is 40.4 Å². The van der Waals surface area contributed by atoms with Crippen molar-refractivity contribution < 1.29 is 35.8 Å². The Labute approximate surface area is 348 Å². The van der Waals surface area contributed by atoms with Gasteiger partial charge in [-0.1, -0.05) is 44.0 Å². The van der Waals surface area contributed by atoms with E-state index < -0.39 is 19.7 Å². The molecular formula is C45H34Br2O8S2. The quantitative estimate of drug-likeness (QED) is 0.119. The Bertz CT molecular complexity index is 2790. The standard InChI is InChI=1S/C45H34Br2O8S2/c1-29-28-32(46)10-27-42(29)52-33-11-19-37(20-12-33)56(48,49)39-23-15-35(16-24-39)54-44-8-5-9-45(31(44)3)55-36-17-25-40(26-18-36)57(50,51)38-21-13-34(14-22-38)53-43-7-4-6-41(47)30(43)2/h4-28H,1-3H3. The molecule has 0 saturated heterocycles. The van der Waals surface area contributed by atoms with Gasteiger partial charge in [0.15, 0.2) is 0 Å². The summed E-state index contributed by atoms with van der Waals surface area (Å²) in [6.07, 6.45) is 0. The molecule has 0 spiro atoms. The van der Waals surface area contributed by atoms with E-state index in [1.165, 1.54) is 48.5 Å². The van der Waals surface area contributed by atoms with Crippen molar-refractivity contribution in [3.63, 3.8) is 0 Å². The molecule has 0 bridgehead atoms. The summed E-state index contributed by atoms with van der Waals surface area (Å²) < 4.78 is 79.8. The van der Waals surface area contributed by atoms with Crippen molar-refractivity contribution in [2.24, 2.45) is 0 Å². The zero-order chi connectivity index (χ0) is 40.3. The first-order valence-electron chi connectivity index (χ1n) is 17.5. The van der Waals surface area contributed by atoms with Gasteiger partial charge in [-0.15, -0.1) is 0 Å². The van der Waals surface area contributed by atoms with E-state index in [2.05, 4.69) is 31.9 Å². The van der Waals surface area contributed by atoms with Gasteiger partial charge in [0.2, 0.25) is 19.7 Å². The third-order valence-electron chi connectivity index (χ3n) is 9.04. The first-order valence-corrected chi connectivity index (χ1v) is 22.1. The van der Waals surface area contributed by atoms with Crippen LogP contribution in [0.3, 0.4) is 0 Å². The van der Waals surface area contributed by atoms with E-state index >= 15 is 0 Å². The van der Waals surface area contributed by atoms with E-state index in [0.29, 0.717) is 51.6 Å². The van der Waals surface area contributed by atoms with Crippen molar-refractivity contribution in [2.75, 3.05) is 0 Å². The molecule has 0 unspecified atom stereocenters. The maximum Gasteiger partial charge on any atom is 0.206 e. The van der Waals surface area contributed by atoms with Crippen LogP contribution in [0.15, 0.2) is 180 Å². The topological polar surface area (TPSA) is 105 Å². The lowest BCUT2D eigenvalue weighted by Gasteiger charge is -2.14. The van der Waals surface area contributed by atoms with Crippen molar-refractivity contribution in [3.05, 3.63) is 177 Å². The van der Waals surface area contributed by atoms with Crippen LogP contribution in [0.1, 0.15) is 16.7 Å². The third kappa shape index (κ3) is 8.94. The second-order valence-electron chi connectivity index (χ2n) is 13.0. The van der Waals surface area contributed by atoms with E-state index in [-0.39, 0.29) is 19.6 Å². The van der Waals surface area contributed by atoms with Crippen molar-refractivity contribution >= 4 is 51.5 Å². The molecule has 0 atom stereocenters. The smallest absolute Gasteiger partial charge is 0.206 e. The Morgan fingerprint density at radius 1 is 0.386 bits per heavy atom. The summed E-state index contributed by atoms with van der Waals surface area (Å²) in [6, 6.07) is 41.6. The molecule has 7 aromatic rings. The molecule has 0 aromatic heterocycles. The number of sulfone groups is 2. The first-order chi connectivity index (χ1) is 27.3. The summed E-state index contributed by atoms with van der Waals surface area (Å²) in [5.74, 6) is 4.25. The van der Waals surface area contributed by atoms with Crippen LogP contribution in [0.4, 0.5) is 0 Å². The number of benzene rings is 7. The second kappa shape index (κ2) is 16.6. The Hall–Kier alpha value is -5.40. The molecular weight excluding hydrogens is 892 g/mol.